The van der Waals surface area contributed by atoms with Gasteiger partial charge in [0.25, 0.3) is 5.91 Å². The van der Waals surface area contributed by atoms with Gasteiger partial charge in [-0.2, -0.15) is 10.4 Å². The molecule has 0 fully saturated rings. The fourth-order valence-electron chi connectivity index (χ4n) is 1.89. The van der Waals surface area contributed by atoms with E-state index in [4.69, 9.17) is 11.0 Å². The van der Waals surface area contributed by atoms with Gasteiger partial charge in [-0.1, -0.05) is 11.3 Å². The first kappa shape index (κ1) is 14.5. The van der Waals surface area contributed by atoms with Crippen LogP contribution < -0.4 is 11.1 Å². The maximum Gasteiger partial charge on any atom is 0.251 e. The van der Waals surface area contributed by atoms with Crippen LogP contribution in [-0.2, 0) is 4.79 Å². The molecule has 0 radical (unpaired) electrons. The van der Waals surface area contributed by atoms with E-state index in [-0.39, 0.29) is 18.5 Å². The van der Waals surface area contributed by atoms with Crippen molar-refractivity contribution in [3.05, 3.63) is 35.4 Å². The van der Waals surface area contributed by atoms with E-state index < -0.39 is 5.91 Å². The number of hydrogen-bond donors (Lipinski definition) is 2. The second kappa shape index (κ2) is 6.47. The van der Waals surface area contributed by atoms with E-state index in [1.807, 2.05) is 6.07 Å². The maximum absolute atomic E-state index is 11.9. The van der Waals surface area contributed by atoms with Gasteiger partial charge in [0.05, 0.1) is 18.2 Å². The topological polar surface area (TPSA) is 124 Å². The zero-order valence-electron chi connectivity index (χ0n) is 11.2. The smallest absolute Gasteiger partial charge is 0.251 e. The number of nitrogens with zero attached hydrogens (tertiary/aromatic N) is 4. The summed E-state index contributed by atoms with van der Waals surface area (Å²) in [6, 6.07) is 8.19. The summed E-state index contributed by atoms with van der Waals surface area (Å²) in [7, 11) is 0. The van der Waals surface area contributed by atoms with Crippen molar-refractivity contribution >= 4 is 11.8 Å². The van der Waals surface area contributed by atoms with Gasteiger partial charge in [0.1, 0.15) is 12.6 Å². The average molecular weight is 286 g/mol. The van der Waals surface area contributed by atoms with Crippen molar-refractivity contribution in [2.45, 2.75) is 6.04 Å². The summed E-state index contributed by atoms with van der Waals surface area (Å²) in [4.78, 5) is 22.7. The lowest BCUT2D eigenvalue weighted by Gasteiger charge is -2.12. The molecule has 8 heteroatoms. The van der Waals surface area contributed by atoms with Crippen LogP contribution in [0, 0.1) is 11.3 Å². The number of nitrogens with two attached hydrogens (primary N) is 1. The van der Waals surface area contributed by atoms with E-state index in [0.29, 0.717) is 24.2 Å². The van der Waals surface area contributed by atoms with Crippen molar-refractivity contribution in [1.29, 1.82) is 5.26 Å². The zero-order chi connectivity index (χ0) is 15.2. The summed E-state index contributed by atoms with van der Waals surface area (Å²) in [5.74, 6) is -0.761. The van der Waals surface area contributed by atoms with E-state index in [9.17, 15) is 9.59 Å². The van der Waals surface area contributed by atoms with Crippen LogP contribution >= 0.6 is 0 Å². The van der Waals surface area contributed by atoms with Crippen LogP contribution in [0.2, 0.25) is 0 Å². The van der Waals surface area contributed by atoms with E-state index in [2.05, 4.69) is 15.7 Å². The standard InChI is InChI=1S/C13H14N6O2/c14-5-9-2-1-3-10(4-9)13(21)16-6-11-7-19(18-17-11)8-12(15)20/h1-4,11H,6-8H2,(H2,15,20)(H,16,21). The second-order valence-electron chi connectivity index (χ2n) is 4.57. The summed E-state index contributed by atoms with van der Waals surface area (Å²) in [5, 5.41) is 20.7. The first-order chi connectivity index (χ1) is 10.1. The Hall–Kier alpha value is -2.95. The van der Waals surface area contributed by atoms with Crippen molar-refractivity contribution in [3.63, 3.8) is 0 Å². The predicted molar refractivity (Wildman–Crippen MR) is 72.9 cm³/mol. The molecule has 8 nitrogen and oxygen atoms in total. The Morgan fingerprint density at radius 2 is 2.33 bits per heavy atom. The molecule has 1 atom stereocenters. The first-order valence-electron chi connectivity index (χ1n) is 6.31. The van der Waals surface area contributed by atoms with Gasteiger partial charge < -0.3 is 11.1 Å². The van der Waals surface area contributed by atoms with Crippen molar-refractivity contribution in [2.24, 2.45) is 16.1 Å². The highest BCUT2D eigenvalue weighted by molar-refractivity contribution is 5.94. The molecule has 0 saturated carbocycles. The molecule has 2 amide bonds. The normalized spacial score (nSPS) is 16.5. The molecule has 1 unspecified atom stereocenters. The molecule has 0 aliphatic carbocycles. The molecule has 3 N–H and O–H groups in total. The average Bonchev–Trinajstić information content (AvgIpc) is 2.91. The molecule has 0 saturated heterocycles. The van der Waals surface area contributed by atoms with Crippen molar-refractivity contribution in [2.75, 3.05) is 19.6 Å². The van der Waals surface area contributed by atoms with Crippen molar-refractivity contribution in [1.82, 2.24) is 10.3 Å². The van der Waals surface area contributed by atoms with Crippen molar-refractivity contribution in [3.8, 4) is 6.07 Å². The number of amides is 2. The monoisotopic (exact) mass is 286 g/mol. The number of benzene rings is 1. The molecule has 0 spiro atoms. The largest absolute Gasteiger partial charge is 0.368 e. The van der Waals surface area contributed by atoms with Crippen LogP contribution in [0.1, 0.15) is 15.9 Å². The number of hydrogen-bond acceptors (Lipinski definition) is 6. The van der Waals surface area contributed by atoms with Gasteiger partial charge in [-0.05, 0) is 18.2 Å². The summed E-state index contributed by atoms with van der Waals surface area (Å²) < 4.78 is 0. The molecular formula is C13H14N6O2. The van der Waals surface area contributed by atoms with Crippen LogP contribution in [0.4, 0.5) is 0 Å². The third-order valence-electron chi connectivity index (χ3n) is 2.85. The Balaban J connectivity index is 1.84. The molecule has 0 aromatic heterocycles. The van der Waals surface area contributed by atoms with Gasteiger partial charge in [0.2, 0.25) is 5.91 Å². The van der Waals surface area contributed by atoms with Crippen LogP contribution in [0.5, 0.6) is 0 Å². The highest BCUT2D eigenvalue weighted by Gasteiger charge is 2.21. The first-order valence-corrected chi connectivity index (χ1v) is 6.31. The molecule has 1 aromatic carbocycles. The molecule has 21 heavy (non-hydrogen) atoms. The lowest BCUT2D eigenvalue weighted by atomic mass is 10.1. The lowest BCUT2D eigenvalue weighted by molar-refractivity contribution is -0.119. The zero-order valence-corrected chi connectivity index (χ0v) is 11.2. The highest BCUT2D eigenvalue weighted by atomic mass is 16.2. The number of nitrogens with one attached hydrogen (secondary N) is 1. The molecule has 1 heterocycles. The summed E-state index contributed by atoms with van der Waals surface area (Å²) >= 11 is 0. The molecule has 1 aliphatic heterocycles. The quantitative estimate of drug-likeness (QED) is 0.779. The van der Waals surface area contributed by atoms with E-state index in [0.717, 1.165) is 0 Å². The SMILES string of the molecule is N#Cc1cccc(C(=O)NCC2CN(CC(N)=O)N=N2)c1. The Labute approximate surface area is 121 Å². The maximum atomic E-state index is 11.9. The van der Waals surface area contributed by atoms with Crippen LogP contribution in [-0.4, -0.2) is 42.5 Å². The fraction of sp³-hybridized carbons (Fsp3) is 0.308. The van der Waals surface area contributed by atoms with Gasteiger partial charge in [0.15, 0.2) is 0 Å². The summed E-state index contributed by atoms with van der Waals surface area (Å²) in [6.07, 6.45) is 0. The van der Waals surface area contributed by atoms with E-state index >= 15 is 0 Å². The molecule has 1 aliphatic rings. The summed E-state index contributed by atoms with van der Waals surface area (Å²) in [5.41, 5.74) is 5.91. The Morgan fingerprint density at radius 3 is 3.05 bits per heavy atom. The van der Waals surface area contributed by atoms with E-state index in [1.54, 1.807) is 18.2 Å². The Bertz CT molecular complexity index is 621. The predicted octanol–water partition coefficient (Wildman–Crippen LogP) is -0.175. The number of nitriles is 1. The number of carbonyl (C=O) groups is 2. The lowest BCUT2D eigenvalue weighted by Crippen LogP contribution is -2.36. The number of primary amides is 1. The van der Waals surface area contributed by atoms with Crippen LogP contribution in [0.3, 0.4) is 0 Å². The minimum Gasteiger partial charge on any atom is -0.368 e. The molecule has 2 rings (SSSR count). The van der Waals surface area contributed by atoms with Gasteiger partial charge in [0, 0.05) is 12.1 Å². The third-order valence-corrected chi connectivity index (χ3v) is 2.85. The Kier molecular flexibility index (Phi) is 4.46. The number of rotatable bonds is 5. The third kappa shape index (κ3) is 4.01. The van der Waals surface area contributed by atoms with E-state index in [1.165, 1.54) is 11.1 Å². The van der Waals surface area contributed by atoms with Gasteiger partial charge in [-0.25, -0.2) is 0 Å². The highest BCUT2D eigenvalue weighted by Crippen LogP contribution is 2.08. The van der Waals surface area contributed by atoms with Gasteiger partial charge in [-0.3, -0.25) is 14.6 Å². The molecule has 1 aromatic rings. The summed E-state index contributed by atoms with van der Waals surface area (Å²) in [6.45, 7) is 0.744. The van der Waals surface area contributed by atoms with Crippen LogP contribution in [0.25, 0.3) is 0 Å². The van der Waals surface area contributed by atoms with Gasteiger partial charge >= 0.3 is 0 Å². The molecular weight excluding hydrogens is 272 g/mol. The van der Waals surface area contributed by atoms with Gasteiger partial charge in [-0.15, -0.1) is 0 Å². The van der Waals surface area contributed by atoms with Crippen LogP contribution in [0.15, 0.2) is 34.6 Å². The minimum atomic E-state index is -0.480. The second-order valence-corrected chi connectivity index (χ2v) is 4.57. The molecule has 0 bridgehead atoms. The molecule has 108 valence electrons. The fourth-order valence-corrected chi connectivity index (χ4v) is 1.89. The Morgan fingerprint density at radius 1 is 1.52 bits per heavy atom. The van der Waals surface area contributed by atoms with Crippen molar-refractivity contribution < 1.29 is 9.59 Å². The minimum absolute atomic E-state index is 0.0121. The number of carbonyl (C=O) groups excluding carboxylic acids is 2.